The Morgan fingerprint density at radius 2 is 1.82 bits per heavy atom. The number of piperazine rings is 1. The van der Waals surface area contributed by atoms with Crippen LogP contribution in [0.25, 0.3) is 0 Å². The summed E-state index contributed by atoms with van der Waals surface area (Å²) in [7, 11) is 0. The molecule has 0 atom stereocenters. The fraction of sp³-hybridized carbons (Fsp3) is 0.429. The van der Waals surface area contributed by atoms with Crippen LogP contribution in [0.3, 0.4) is 0 Å². The van der Waals surface area contributed by atoms with Crippen molar-refractivity contribution in [1.29, 1.82) is 0 Å². The summed E-state index contributed by atoms with van der Waals surface area (Å²) in [6, 6.07) is 10.1. The number of anilines is 1. The minimum atomic E-state index is -0.342. The highest BCUT2D eigenvalue weighted by Gasteiger charge is 2.15. The van der Waals surface area contributed by atoms with Gasteiger partial charge < -0.3 is 24.9 Å². The summed E-state index contributed by atoms with van der Waals surface area (Å²) in [6.45, 7) is 9.39. The third kappa shape index (κ3) is 5.68. The van der Waals surface area contributed by atoms with Crippen molar-refractivity contribution in [2.45, 2.75) is 13.3 Å². The maximum absolute atomic E-state index is 12.4. The van der Waals surface area contributed by atoms with Gasteiger partial charge in [0.1, 0.15) is 0 Å². The first kappa shape index (κ1) is 20.1. The van der Waals surface area contributed by atoms with E-state index in [9.17, 15) is 9.59 Å². The Morgan fingerprint density at radius 3 is 2.54 bits per heavy atom. The zero-order valence-electron chi connectivity index (χ0n) is 16.3. The molecule has 2 heterocycles. The number of benzene rings is 1. The van der Waals surface area contributed by atoms with Gasteiger partial charge in [-0.1, -0.05) is 13.0 Å². The van der Waals surface area contributed by atoms with Gasteiger partial charge in [-0.2, -0.15) is 0 Å². The van der Waals surface area contributed by atoms with Crippen LogP contribution in [-0.2, 0) is 0 Å². The molecule has 1 aliphatic heterocycles. The molecule has 3 rings (SSSR count). The van der Waals surface area contributed by atoms with E-state index in [-0.39, 0.29) is 17.6 Å². The Balaban J connectivity index is 1.41. The van der Waals surface area contributed by atoms with E-state index in [0.717, 1.165) is 45.7 Å². The molecular formula is C21H28N4O3. The van der Waals surface area contributed by atoms with Crippen LogP contribution in [0.2, 0.25) is 0 Å². The number of likely N-dealkylation sites (N-methyl/N-ethyl adjacent to an activating group) is 1. The van der Waals surface area contributed by atoms with Crippen LogP contribution in [0.15, 0.2) is 47.1 Å². The van der Waals surface area contributed by atoms with E-state index in [4.69, 9.17) is 4.42 Å². The lowest BCUT2D eigenvalue weighted by molar-refractivity contribution is 0.0946. The van der Waals surface area contributed by atoms with Crippen molar-refractivity contribution < 1.29 is 14.0 Å². The second-order valence-electron chi connectivity index (χ2n) is 6.90. The summed E-state index contributed by atoms with van der Waals surface area (Å²) < 4.78 is 5.07. The summed E-state index contributed by atoms with van der Waals surface area (Å²) in [5.74, 6) is -0.245. The second-order valence-corrected chi connectivity index (χ2v) is 6.90. The molecule has 1 fully saturated rings. The molecule has 0 aliphatic carbocycles. The average Bonchev–Trinajstić information content (AvgIpc) is 3.27. The molecule has 0 spiro atoms. The van der Waals surface area contributed by atoms with Gasteiger partial charge in [0, 0.05) is 44.0 Å². The molecule has 0 bridgehead atoms. The third-order valence-electron chi connectivity index (χ3n) is 4.98. The lowest BCUT2D eigenvalue weighted by atomic mass is 10.2. The molecule has 2 N–H and O–H groups in total. The van der Waals surface area contributed by atoms with E-state index in [1.807, 2.05) is 0 Å². The number of nitrogens with one attached hydrogen (secondary N) is 2. The van der Waals surface area contributed by atoms with Gasteiger partial charge in [0.25, 0.3) is 11.8 Å². The fourth-order valence-electron chi connectivity index (χ4n) is 3.27. The van der Waals surface area contributed by atoms with E-state index >= 15 is 0 Å². The van der Waals surface area contributed by atoms with Crippen molar-refractivity contribution >= 4 is 17.5 Å². The van der Waals surface area contributed by atoms with Crippen molar-refractivity contribution in [3.63, 3.8) is 0 Å². The number of hydrogen-bond acceptors (Lipinski definition) is 5. The Kier molecular flexibility index (Phi) is 7.22. The number of amides is 2. The standard InChI is InChI=1S/C21H28N4O3/c1-2-24-11-13-25(14-12-24)10-5-9-22-20(26)17-6-3-7-18(16-17)23-21(27)19-8-4-15-28-19/h3-4,6-8,15-16H,2,5,9-14H2,1H3,(H,22,26)(H,23,27). The maximum atomic E-state index is 12.4. The lowest BCUT2D eigenvalue weighted by Gasteiger charge is -2.33. The van der Waals surface area contributed by atoms with Crippen LogP contribution in [0.4, 0.5) is 5.69 Å². The molecule has 7 heteroatoms. The van der Waals surface area contributed by atoms with Crippen molar-refractivity contribution in [2.24, 2.45) is 0 Å². The van der Waals surface area contributed by atoms with Crippen LogP contribution in [0.5, 0.6) is 0 Å². The van der Waals surface area contributed by atoms with Gasteiger partial charge in [-0.25, -0.2) is 0 Å². The second kappa shape index (κ2) is 10.1. The lowest BCUT2D eigenvalue weighted by Crippen LogP contribution is -2.46. The van der Waals surface area contributed by atoms with Crippen molar-refractivity contribution in [3.05, 3.63) is 54.0 Å². The Bertz CT molecular complexity index is 768. The highest BCUT2D eigenvalue weighted by Crippen LogP contribution is 2.13. The quantitative estimate of drug-likeness (QED) is 0.683. The van der Waals surface area contributed by atoms with E-state index in [0.29, 0.717) is 17.8 Å². The summed E-state index contributed by atoms with van der Waals surface area (Å²) in [5, 5.41) is 5.69. The summed E-state index contributed by atoms with van der Waals surface area (Å²) in [5.41, 5.74) is 1.08. The minimum Gasteiger partial charge on any atom is -0.459 e. The number of furan rings is 1. The Hall–Kier alpha value is -2.64. The predicted molar refractivity (Wildman–Crippen MR) is 109 cm³/mol. The summed E-state index contributed by atoms with van der Waals surface area (Å²) in [6.07, 6.45) is 2.37. The van der Waals surface area contributed by atoms with Crippen molar-refractivity contribution in [3.8, 4) is 0 Å². The SMILES string of the molecule is CCN1CCN(CCCNC(=O)c2cccc(NC(=O)c3ccco3)c2)CC1. The Labute approximate surface area is 165 Å². The molecule has 1 aromatic carbocycles. The van der Waals surface area contributed by atoms with Crippen LogP contribution in [0.1, 0.15) is 34.3 Å². The van der Waals surface area contributed by atoms with Gasteiger partial charge in [0.2, 0.25) is 0 Å². The largest absolute Gasteiger partial charge is 0.459 e. The van der Waals surface area contributed by atoms with Crippen LogP contribution in [-0.4, -0.2) is 67.4 Å². The van der Waals surface area contributed by atoms with Gasteiger partial charge in [-0.05, 0) is 49.8 Å². The molecule has 1 saturated heterocycles. The van der Waals surface area contributed by atoms with Crippen molar-refractivity contribution in [1.82, 2.24) is 15.1 Å². The van der Waals surface area contributed by atoms with E-state index < -0.39 is 0 Å². The van der Waals surface area contributed by atoms with E-state index in [1.54, 1.807) is 36.4 Å². The van der Waals surface area contributed by atoms with Gasteiger partial charge in [-0.3, -0.25) is 9.59 Å². The topological polar surface area (TPSA) is 77.8 Å². The van der Waals surface area contributed by atoms with Crippen LogP contribution < -0.4 is 10.6 Å². The number of hydrogen-bond donors (Lipinski definition) is 2. The Morgan fingerprint density at radius 1 is 1.04 bits per heavy atom. The van der Waals surface area contributed by atoms with Crippen molar-refractivity contribution in [2.75, 3.05) is 51.1 Å². The maximum Gasteiger partial charge on any atom is 0.291 e. The molecule has 2 amide bonds. The molecule has 0 saturated carbocycles. The van der Waals surface area contributed by atoms with Crippen LogP contribution in [0, 0.1) is 0 Å². The number of rotatable bonds is 8. The number of carbonyl (C=O) groups excluding carboxylic acids is 2. The summed E-state index contributed by atoms with van der Waals surface area (Å²) in [4.78, 5) is 29.3. The third-order valence-corrected chi connectivity index (χ3v) is 4.98. The molecule has 2 aromatic rings. The fourth-order valence-corrected chi connectivity index (χ4v) is 3.27. The molecule has 7 nitrogen and oxygen atoms in total. The molecular weight excluding hydrogens is 356 g/mol. The zero-order chi connectivity index (χ0) is 19.8. The highest BCUT2D eigenvalue weighted by atomic mass is 16.3. The number of carbonyl (C=O) groups is 2. The summed E-state index contributed by atoms with van der Waals surface area (Å²) >= 11 is 0. The molecule has 1 aromatic heterocycles. The predicted octanol–water partition coefficient (Wildman–Crippen LogP) is 2.29. The van der Waals surface area contributed by atoms with E-state index in [2.05, 4.69) is 27.4 Å². The molecule has 1 aliphatic rings. The first-order valence-corrected chi connectivity index (χ1v) is 9.83. The monoisotopic (exact) mass is 384 g/mol. The van der Waals surface area contributed by atoms with Gasteiger partial charge in [0.05, 0.1) is 6.26 Å². The molecule has 28 heavy (non-hydrogen) atoms. The first-order valence-electron chi connectivity index (χ1n) is 9.83. The van der Waals surface area contributed by atoms with E-state index in [1.165, 1.54) is 6.26 Å². The normalized spacial score (nSPS) is 15.3. The molecule has 150 valence electrons. The highest BCUT2D eigenvalue weighted by molar-refractivity contribution is 6.03. The first-order chi connectivity index (χ1) is 13.7. The van der Waals surface area contributed by atoms with Crippen LogP contribution >= 0.6 is 0 Å². The smallest absolute Gasteiger partial charge is 0.291 e. The molecule has 0 radical (unpaired) electrons. The van der Waals surface area contributed by atoms with Gasteiger partial charge >= 0.3 is 0 Å². The zero-order valence-corrected chi connectivity index (χ0v) is 16.3. The number of nitrogens with zero attached hydrogens (tertiary/aromatic N) is 2. The molecule has 0 unspecified atom stereocenters. The minimum absolute atomic E-state index is 0.134. The van der Waals surface area contributed by atoms with Gasteiger partial charge in [-0.15, -0.1) is 0 Å². The van der Waals surface area contributed by atoms with Gasteiger partial charge in [0.15, 0.2) is 5.76 Å². The average molecular weight is 384 g/mol.